The molecule has 2 nitrogen and oxygen atoms in total. The molecule has 0 fully saturated rings. The molecule has 0 atom stereocenters. The first-order valence-corrected chi connectivity index (χ1v) is 3.81. The Morgan fingerprint density at radius 2 is 1.88 bits per heavy atom. The molecule has 0 rings (SSSR count). The van der Waals surface area contributed by atoms with Crippen molar-refractivity contribution in [3.8, 4) is 0 Å². The Labute approximate surface area is 70.6 Å². The Hall–Kier alpha value is 0.764. The molecule has 0 aromatic rings. The van der Waals surface area contributed by atoms with Crippen molar-refractivity contribution in [1.29, 1.82) is 0 Å². The van der Waals surface area contributed by atoms with Crippen LogP contribution >= 0.6 is 0 Å². The van der Waals surface area contributed by atoms with Crippen LogP contribution in [0.15, 0.2) is 0 Å². The van der Waals surface area contributed by atoms with Crippen LogP contribution < -0.4 is 24.8 Å². The summed E-state index contributed by atoms with van der Waals surface area (Å²) in [7, 11) is 0. The van der Waals surface area contributed by atoms with E-state index in [1.54, 1.807) is 0 Å². The summed E-state index contributed by atoms with van der Waals surface area (Å²) in [6, 6.07) is 0. The molecular weight excluding hydrogens is 187 g/mol. The van der Waals surface area contributed by atoms with Gasteiger partial charge in [0.25, 0.3) is 0 Å². The van der Waals surface area contributed by atoms with E-state index in [0.717, 1.165) is 0 Å². The minimum atomic E-state index is -0.387. The smallest absolute Gasteiger partial charge is 1.00 e. The molecule has 5 heteroatoms. The van der Waals surface area contributed by atoms with Crippen LogP contribution in [0.4, 0.5) is 0 Å². The van der Waals surface area contributed by atoms with E-state index in [-0.39, 0.29) is 50.3 Å². The third-order valence-corrected chi connectivity index (χ3v) is 1.01. The molecule has 0 aliphatic heterocycles. The number of hydrogen-bond donors (Lipinski definition) is 0. The van der Waals surface area contributed by atoms with Crippen LogP contribution in [0.1, 0.15) is 6.92 Å². The second-order valence-corrected chi connectivity index (χ2v) is 1.75. The van der Waals surface area contributed by atoms with Crippen LogP contribution in [0, 0.1) is 0 Å². The Balaban J connectivity index is -0.000000125. The van der Waals surface area contributed by atoms with Gasteiger partial charge < -0.3 is 24.8 Å². The molecule has 0 aliphatic rings. The quantitative estimate of drug-likeness (QED) is 0.388. The predicted molar refractivity (Wildman–Crippen MR) is 17.6 cm³/mol. The third-order valence-electron chi connectivity index (χ3n) is 0.246. The molecule has 0 unspecified atom stereocenters. The number of halogens is 2. The summed E-state index contributed by atoms with van der Waals surface area (Å²) in [5.74, 6) is -0.155. The molecule has 0 aliphatic carbocycles. The molecule has 0 aromatic heterocycles. The van der Waals surface area contributed by atoms with Gasteiger partial charge in [-0.05, 0) is 0 Å². The van der Waals surface area contributed by atoms with E-state index < -0.39 is 0 Å². The van der Waals surface area contributed by atoms with Gasteiger partial charge in [0.2, 0.25) is 0 Å². The SMILES string of the molecule is [CH3][Ti+2][O]C(C)=O.[Cl-].[Cl-]. The van der Waals surface area contributed by atoms with Crippen LogP contribution in [0.25, 0.3) is 0 Å². The third kappa shape index (κ3) is 15.9. The monoisotopic (exact) mass is 192 g/mol. The van der Waals surface area contributed by atoms with Gasteiger partial charge in [-0.3, -0.25) is 0 Å². The maximum Gasteiger partial charge on any atom is -1.00 e. The normalized spacial score (nSPS) is 4.75. The molecule has 0 aromatic carbocycles. The van der Waals surface area contributed by atoms with Crippen molar-refractivity contribution in [2.24, 2.45) is 0 Å². The zero-order valence-corrected chi connectivity index (χ0v) is 7.65. The topological polar surface area (TPSA) is 26.3 Å². The molecule has 0 spiro atoms. The van der Waals surface area contributed by atoms with E-state index in [0.29, 0.717) is 0 Å². The number of carbonyl (C=O) groups excluding carboxylic acids is 1. The van der Waals surface area contributed by atoms with Crippen molar-refractivity contribution >= 4 is 5.97 Å². The maximum atomic E-state index is 9.85. The van der Waals surface area contributed by atoms with Crippen molar-refractivity contribution in [3.05, 3.63) is 0 Å². The Morgan fingerprint density at radius 3 is 1.88 bits per heavy atom. The van der Waals surface area contributed by atoms with Crippen LogP contribution in [-0.2, 0) is 27.7 Å². The van der Waals surface area contributed by atoms with Gasteiger partial charge in [0.05, 0.1) is 0 Å². The molecule has 0 heterocycles. The first kappa shape index (κ1) is 15.9. The second-order valence-electron chi connectivity index (χ2n) is 0.798. The van der Waals surface area contributed by atoms with Crippen molar-refractivity contribution in [1.82, 2.24) is 0 Å². The summed E-state index contributed by atoms with van der Waals surface area (Å²) in [6.07, 6.45) is 0. The molecule has 0 saturated heterocycles. The first-order chi connectivity index (χ1) is 2.77. The van der Waals surface area contributed by atoms with Gasteiger partial charge >= 0.3 is 45.8 Å². The zero-order valence-electron chi connectivity index (χ0n) is 4.57. The fraction of sp³-hybridized carbons (Fsp3) is 0.667. The summed E-state index contributed by atoms with van der Waals surface area (Å²) < 4.78 is 4.53. The summed E-state index contributed by atoms with van der Waals surface area (Å²) in [6.45, 7) is 1.42. The summed E-state index contributed by atoms with van der Waals surface area (Å²) in [4.78, 5) is 9.85. The second kappa shape index (κ2) is 10.7. The van der Waals surface area contributed by atoms with Crippen molar-refractivity contribution < 1.29 is 52.5 Å². The van der Waals surface area contributed by atoms with Crippen LogP contribution in [0.2, 0.25) is 5.23 Å². The Morgan fingerprint density at radius 1 is 1.50 bits per heavy atom. The maximum absolute atomic E-state index is 9.85. The summed E-state index contributed by atoms with van der Waals surface area (Å²) in [5.41, 5.74) is 0. The predicted octanol–water partition coefficient (Wildman–Crippen LogP) is -5.40. The average Bonchev–Trinajstić information content (AvgIpc) is 1.35. The van der Waals surface area contributed by atoms with E-state index in [1.807, 2.05) is 5.23 Å². The van der Waals surface area contributed by atoms with E-state index in [4.69, 9.17) is 0 Å². The molecule has 0 amide bonds. The molecule has 0 bridgehead atoms. The Kier molecular flexibility index (Phi) is 21.3. The van der Waals surface area contributed by atoms with Crippen LogP contribution in [-0.4, -0.2) is 5.97 Å². The van der Waals surface area contributed by atoms with Crippen molar-refractivity contribution in [2.75, 3.05) is 0 Å². The minimum Gasteiger partial charge on any atom is -1.00 e. The standard InChI is InChI=1S/C2H4O2.CH3.2ClH.Ti/c1-2(3)4;;;;/h1H3,(H,3,4);1H3;2*1H;/q;;;;+3/p-3. The number of rotatable bonds is 1. The Bertz CT molecular complexity index is 59.2. The van der Waals surface area contributed by atoms with Crippen LogP contribution in [0.5, 0.6) is 0 Å². The van der Waals surface area contributed by atoms with Gasteiger partial charge in [-0.15, -0.1) is 0 Å². The molecule has 48 valence electrons. The first-order valence-electron chi connectivity index (χ1n) is 1.61. The van der Waals surface area contributed by atoms with E-state index in [1.165, 1.54) is 6.92 Å². The fourth-order valence-electron chi connectivity index (χ4n) is 0.144. The molecule has 0 N–H and O–H groups in total. The van der Waals surface area contributed by atoms with Gasteiger partial charge in [0, 0.05) is 0 Å². The number of hydrogen-bond acceptors (Lipinski definition) is 2. The average molecular weight is 193 g/mol. The molecule has 8 heavy (non-hydrogen) atoms. The van der Waals surface area contributed by atoms with E-state index >= 15 is 0 Å². The minimum absolute atomic E-state index is 0. The van der Waals surface area contributed by atoms with Gasteiger partial charge in [-0.1, -0.05) is 0 Å². The zero-order chi connectivity index (χ0) is 4.99. The summed E-state index contributed by atoms with van der Waals surface area (Å²) in [5, 5.41) is 1.90. The van der Waals surface area contributed by atoms with Crippen molar-refractivity contribution in [3.63, 3.8) is 0 Å². The van der Waals surface area contributed by atoms with E-state index in [9.17, 15) is 4.79 Å². The van der Waals surface area contributed by atoms with Gasteiger partial charge in [0.15, 0.2) is 0 Å². The fourth-order valence-corrected chi connectivity index (χ4v) is 0.593. The van der Waals surface area contributed by atoms with Crippen LogP contribution in [0.3, 0.4) is 0 Å². The molecule has 0 saturated carbocycles. The summed E-state index contributed by atoms with van der Waals surface area (Å²) >= 11 is -0.387. The molecular formula is C3H6Cl2O2Ti. The van der Waals surface area contributed by atoms with Gasteiger partial charge in [0.1, 0.15) is 0 Å². The van der Waals surface area contributed by atoms with E-state index in [2.05, 4.69) is 3.32 Å². The number of carbonyl (C=O) groups is 1. The van der Waals surface area contributed by atoms with Gasteiger partial charge in [-0.25, -0.2) is 0 Å². The molecule has 0 radical (unpaired) electrons. The van der Waals surface area contributed by atoms with Crippen molar-refractivity contribution in [2.45, 2.75) is 12.2 Å². The van der Waals surface area contributed by atoms with Gasteiger partial charge in [-0.2, -0.15) is 0 Å². The largest absolute Gasteiger partial charge is 1.00 e.